The van der Waals surface area contributed by atoms with E-state index in [1.54, 1.807) is 13.0 Å². The molecule has 4 nitrogen and oxygen atoms in total. The minimum absolute atomic E-state index is 0.0677. The third-order valence-corrected chi connectivity index (χ3v) is 2.76. The largest absolute Gasteiger partial charge is 0.416 e. The molecule has 1 aromatic carbocycles. The van der Waals surface area contributed by atoms with Crippen molar-refractivity contribution in [3.8, 4) is 6.07 Å². The first kappa shape index (κ1) is 16.7. The minimum Gasteiger partial charge on any atom is -0.391 e. The summed E-state index contributed by atoms with van der Waals surface area (Å²) in [5.74, 6) is -0.622. The van der Waals surface area contributed by atoms with Crippen LogP contribution in [0.4, 0.5) is 18.9 Å². The lowest BCUT2D eigenvalue weighted by molar-refractivity contribution is -0.137. The number of halogens is 3. The van der Waals surface area contributed by atoms with Gasteiger partial charge in [0.1, 0.15) is 0 Å². The van der Waals surface area contributed by atoms with Gasteiger partial charge in [0.05, 0.1) is 23.8 Å². The monoisotopic (exact) mass is 298 g/mol. The summed E-state index contributed by atoms with van der Waals surface area (Å²) in [5, 5.41) is 20.2. The number of alkyl halides is 3. The number of hydrogen-bond donors (Lipinski definition) is 2. The van der Waals surface area contributed by atoms with Gasteiger partial charge in [-0.05, 0) is 30.7 Å². The first-order chi connectivity index (χ1) is 9.83. The van der Waals surface area contributed by atoms with E-state index < -0.39 is 24.3 Å². The molecule has 0 radical (unpaired) electrons. The lowest BCUT2D eigenvalue weighted by Crippen LogP contribution is -2.17. The normalized spacial score (nSPS) is 12.4. The molecule has 0 bridgehead atoms. The van der Waals surface area contributed by atoms with Crippen molar-refractivity contribution in [2.75, 3.05) is 11.9 Å². The van der Waals surface area contributed by atoms with Gasteiger partial charge in [0.15, 0.2) is 0 Å². The molecule has 0 aromatic heterocycles. The molecule has 0 atom stereocenters. The van der Waals surface area contributed by atoms with E-state index >= 15 is 0 Å². The maximum absolute atomic E-state index is 12.4. The number of aliphatic hydroxyl groups excluding tert-OH is 1. The Hall–Kier alpha value is -2.33. The van der Waals surface area contributed by atoms with Crippen LogP contribution in [0, 0.1) is 11.3 Å². The zero-order valence-corrected chi connectivity index (χ0v) is 11.2. The Morgan fingerprint density at radius 3 is 2.29 bits per heavy atom. The van der Waals surface area contributed by atoms with Gasteiger partial charge in [-0.2, -0.15) is 18.4 Å². The predicted octanol–water partition coefficient (Wildman–Crippen LogP) is 2.87. The highest BCUT2D eigenvalue weighted by atomic mass is 19.4. The third kappa shape index (κ3) is 4.33. The summed E-state index contributed by atoms with van der Waals surface area (Å²) in [6.07, 6.45) is -4.22. The molecule has 0 unspecified atom stereocenters. The smallest absolute Gasteiger partial charge is 0.391 e. The van der Waals surface area contributed by atoms with Gasteiger partial charge in [-0.15, -0.1) is 0 Å². The number of nitrogens with one attached hydrogen (secondary N) is 1. The zero-order valence-electron chi connectivity index (χ0n) is 11.2. The average Bonchev–Trinajstić information content (AvgIpc) is 2.44. The molecule has 21 heavy (non-hydrogen) atoms. The van der Waals surface area contributed by atoms with E-state index in [0.29, 0.717) is 0 Å². The number of hydrogen-bond acceptors (Lipinski definition) is 3. The molecule has 0 heterocycles. The van der Waals surface area contributed by atoms with Crippen molar-refractivity contribution >= 4 is 11.6 Å². The molecule has 0 spiro atoms. The van der Waals surface area contributed by atoms with E-state index in [4.69, 9.17) is 10.4 Å². The molecular formula is C14H13F3N2O2. The van der Waals surface area contributed by atoms with Gasteiger partial charge in [0.25, 0.3) is 5.91 Å². The molecule has 0 aliphatic heterocycles. The van der Waals surface area contributed by atoms with Crippen LogP contribution in [0.3, 0.4) is 0 Å². The van der Waals surface area contributed by atoms with Crippen molar-refractivity contribution in [3.05, 3.63) is 41.0 Å². The van der Waals surface area contributed by atoms with Crippen LogP contribution >= 0.6 is 0 Å². The average molecular weight is 298 g/mol. The number of aliphatic hydroxyl groups is 1. The first-order valence-corrected chi connectivity index (χ1v) is 6.05. The molecule has 1 aromatic rings. The fourth-order valence-electron chi connectivity index (χ4n) is 1.66. The highest BCUT2D eigenvalue weighted by molar-refractivity contribution is 6.04. The van der Waals surface area contributed by atoms with Gasteiger partial charge in [-0.1, -0.05) is 6.92 Å². The molecular weight excluding hydrogens is 285 g/mol. The van der Waals surface area contributed by atoms with Gasteiger partial charge in [-0.3, -0.25) is 4.79 Å². The lowest BCUT2D eigenvalue weighted by Gasteiger charge is -2.10. The molecule has 112 valence electrons. The van der Waals surface area contributed by atoms with Crippen LogP contribution in [0.25, 0.3) is 0 Å². The second-order valence-electron chi connectivity index (χ2n) is 4.11. The number of rotatable bonds is 4. The van der Waals surface area contributed by atoms with Crippen LogP contribution in [-0.4, -0.2) is 17.6 Å². The number of carbonyl (C=O) groups excluding carboxylic acids is 1. The molecule has 7 heteroatoms. The summed E-state index contributed by atoms with van der Waals surface area (Å²) in [5.41, 5.74) is -0.615. The standard InChI is InChI=1S/C14H13F3N2O2/c1-2-12(9(7-18)8-20)13(21)19-11-5-3-10(4-6-11)14(15,16)17/h3-6,20H,2,8H2,1H3,(H,19,21). The first-order valence-electron chi connectivity index (χ1n) is 6.05. The van der Waals surface area contributed by atoms with Crippen molar-refractivity contribution < 1.29 is 23.1 Å². The van der Waals surface area contributed by atoms with E-state index in [-0.39, 0.29) is 23.3 Å². The van der Waals surface area contributed by atoms with Crippen LogP contribution in [0.5, 0.6) is 0 Å². The summed E-state index contributed by atoms with van der Waals surface area (Å²) in [4.78, 5) is 11.9. The van der Waals surface area contributed by atoms with Crippen LogP contribution in [0.2, 0.25) is 0 Å². The summed E-state index contributed by atoms with van der Waals surface area (Å²) in [6.45, 7) is 1.06. The van der Waals surface area contributed by atoms with Crippen molar-refractivity contribution in [2.24, 2.45) is 0 Å². The predicted molar refractivity (Wildman–Crippen MR) is 70.1 cm³/mol. The molecule has 0 aliphatic carbocycles. The topological polar surface area (TPSA) is 73.1 Å². The van der Waals surface area contributed by atoms with Crippen LogP contribution < -0.4 is 5.32 Å². The minimum atomic E-state index is -4.44. The van der Waals surface area contributed by atoms with E-state index in [1.807, 2.05) is 0 Å². The summed E-state index contributed by atoms with van der Waals surface area (Å²) in [6, 6.07) is 5.67. The summed E-state index contributed by atoms with van der Waals surface area (Å²) < 4.78 is 37.2. The number of nitrogens with zero attached hydrogens (tertiary/aromatic N) is 1. The quantitative estimate of drug-likeness (QED) is 0.663. The van der Waals surface area contributed by atoms with Crippen LogP contribution in [0.1, 0.15) is 18.9 Å². The highest BCUT2D eigenvalue weighted by Crippen LogP contribution is 2.29. The number of benzene rings is 1. The SMILES string of the molecule is CCC(C(=O)Nc1ccc(C(F)(F)F)cc1)=C(C#N)CO. The number of carbonyl (C=O) groups is 1. The van der Waals surface area contributed by atoms with E-state index in [0.717, 1.165) is 24.3 Å². The Morgan fingerprint density at radius 2 is 1.90 bits per heavy atom. The van der Waals surface area contributed by atoms with Gasteiger partial charge >= 0.3 is 6.18 Å². The second-order valence-corrected chi connectivity index (χ2v) is 4.11. The molecule has 0 fully saturated rings. The van der Waals surface area contributed by atoms with Gasteiger partial charge < -0.3 is 10.4 Å². The van der Waals surface area contributed by atoms with E-state index in [9.17, 15) is 18.0 Å². The fraction of sp³-hybridized carbons (Fsp3) is 0.286. The molecule has 0 saturated carbocycles. The van der Waals surface area contributed by atoms with Crippen molar-refractivity contribution in [1.29, 1.82) is 5.26 Å². The van der Waals surface area contributed by atoms with Crippen molar-refractivity contribution in [1.82, 2.24) is 0 Å². The van der Waals surface area contributed by atoms with Gasteiger partial charge in [0.2, 0.25) is 0 Å². The lowest BCUT2D eigenvalue weighted by atomic mass is 10.1. The van der Waals surface area contributed by atoms with Gasteiger partial charge in [-0.25, -0.2) is 0 Å². The molecule has 0 saturated heterocycles. The third-order valence-electron chi connectivity index (χ3n) is 2.76. The molecule has 0 aliphatic rings. The van der Waals surface area contributed by atoms with Crippen molar-refractivity contribution in [3.63, 3.8) is 0 Å². The zero-order chi connectivity index (χ0) is 16.0. The fourth-order valence-corrected chi connectivity index (χ4v) is 1.66. The van der Waals surface area contributed by atoms with Crippen LogP contribution in [-0.2, 0) is 11.0 Å². The van der Waals surface area contributed by atoms with Gasteiger partial charge in [0, 0.05) is 11.3 Å². The van der Waals surface area contributed by atoms with Crippen molar-refractivity contribution in [2.45, 2.75) is 19.5 Å². The molecule has 1 rings (SSSR count). The van der Waals surface area contributed by atoms with E-state index in [1.165, 1.54) is 0 Å². The number of anilines is 1. The molecule has 2 N–H and O–H groups in total. The Morgan fingerprint density at radius 1 is 1.33 bits per heavy atom. The second kappa shape index (κ2) is 6.90. The highest BCUT2D eigenvalue weighted by Gasteiger charge is 2.30. The Balaban J connectivity index is 2.94. The Kier molecular flexibility index (Phi) is 5.50. The Labute approximate surface area is 119 Å². The maximum atomic E-state index is 12.4. The summed E-state index contributed by atoms with van der Waals surface area (Å²) in [7, 11) is 0. The Bertz CT molecular complexity index is 584. The summed E-state index contributed by atoms with van der Waals surface area (Å²) >= 11 is 0. The van der Waals surface area contributed by atoms with Crippen LogP contribution in [0.15, 0.2) is 35.4 Å². The molecule has 1 amide bonds. The van der Waals surface area contributed by atoms with E-state index in [2.05, 4.69) is 5.32 Å². The number of nitriles is 1. The maximum Gasteiger partial charge on any atom is 0.416 e. The number of amides is 1.